The smallest absolute Gasteiger partial charge is 0.321 e. The Bertz CT molecular complexity index is 446. The molecule has 0 amide bonds. The van der Waals surface area contributed by atoms with E-state index in [0.29, 0.717) is 12.2 Å². The summed E-state index contributed by atoms with van der Waals surface area (Å²) >= 11 is 1.54. The number of hydrogen-bond acceptors (Lipinski definition) is 4. The Kier molecular flexibility index (Phi) is 5.24. The molecule has 18 heavy (non-hydrogen) atoms. The molecule has 0 aliphatic heterocycles. The van der Waals surface area contributed by atoms with E-state index >= 15 is 0 Å². The maximum atomic E-state index is 11.7. The van der Waals surface area contributed by atoms with Crippen molar-refractivity contribution in [1.82, 2.24) is 0 Å². The van der Waals surface area contributed by atoms with Crippen LogP contribution in [0.25, 0.3) is 0 Å². The van der Waals surface area contributed by atoms with E-state index in [-0.39, 0.29) is 5.97 Å². The summed E-state index contributed by atoms with van der Waals surface area (Å²) in [6, 6.07) is 9.47. The van der Waals surface area contributed by atoms with E-state index < -0.39 is 4.75 Å². The average molecular weight is 263 g/mol. The molecule has 1 aromatic carbocycles. The van der Waals surface area contributed by atoms with E-state index in [1.165, 1.54) is 11.8 Å². The molecule has 4 heteroatoms. The van der Waals surface area contributed by atoms with Gasteiger partial charge in [-0.25, -0.2) is 0 Å². The molecule has 0 N–H and O–H groups in total. The number of hydrogen-bond donors (Lipinski definition) is 0. The summed E-state index contributed by atoms with van der Waals surface area (Å²) in [6.07, 6.45) is 0. The molecule has 0 saturated heterocycles. The van der Waals surface area contributed by atoms with Crippen molar-refractivity contribution in [2.24, 2.45) is 0 Å². The van der Waals surface area contributed by atoms with Crippen molar-refractivity contribution in [3.05, 3.63) is 35.4 Å². The standard InChI is InChI=1S/C14H17NO2S/c1-4-17-13(16)14(2,3)18-10-12-7-5-11(9-15)6-8-12/h5-8H,4,10H2,1-3H3. The fraction of sp³-hybridized carbons (Fsp3) is 0.429. The molecule has 96 valence electrons. The number of benzene rings is 1. The first-order valence-corrected chi connectivity index (χ1v) is 6.78. The van der Waals surface area contributed by atoms with E-state index in [1.807, 2.05) is 26.0 Å². The van der Waals surface area contributed by atoms with Crippen LogP contribution in [0.1, 0.15) is 31.9 Å². The quantitative estimate of drug-likeness (QED) is 0.766. The third-order valence-corrected chi connectivity index (χ3v) is 3.82. The summed E-state index contributed by atoms with van der Waals surface area (Å²) in [5, 5.41) is 8.70. The minimum Gasteiger partial charge on any atom is -0.465 e. The maximum Gasteiger partial charge on any atom is 0.321 e. The van der Waals surface area contributed by atoms with Gasteiger partial charge in [-0.1, -0.05) is 12.1 Å². The zero-order valence-corrected chi connectivity index (χ0v) is 11.7. The molecule has 0 fully saturated rings. The van der Waals surface area contributed by atoms with Crippen molar-refractivity contribution in [2.45, 2.75) is 31.3 Å². The number of carbonyl (C=O) groups excluding carboxylic acids is 1. The van der Waals surface area contributed by atoms with Gasteiger partial charge >= 0.3 is 5.97 Å². The molecule has 0 aliphatic carbocycles. The average Bonchev–Trinajstić information content (AvgIpc) is 2.37. The van der Waals surface area contributed by atoms with Gasteiger partial charge in [0, 0.05) is 5.75 Å². The molecule has 0 radical (unpaired) electrons. The number of esters is 1. The van der Waals surface area contributed by atoms with Gasteiger partial charge in [-0.2, -0.15) is 5.26 Å². The van der Waals surface area contributed by atoms with E-state index in [2.05, 4.69) is 6.07 Å². The number of ether oxygens (including phenoxy) is 1. The number of thioether (sulfide) groups is 1. The molecule has 0 aliphatic rings. The van der Waals surface area contributed by atoms with Crippen LogP contribution in [-0.2, 0) is 15.3 Å². The van der Waals surface area contributed by atoms with Crippen molar-refractivity contribution in [1.29, 1.82) is 5.26 Å². The largest absolute Gasteiger partial charge is 0.465 e. The number of rotatable bonds is 5. The molecule has 0 spiro atoms. The monoisotopic (exact) mass is 263 g/mol. The van der Waals surface area contributed by atoms with Gasteiger partial charge in [0.1, 0.15) is 4.75 Å². The molecular weight excluding hydrogens is 246 g/mol. The van der Waals surface area contributed by atoms with Gasteiger partial charge in [-0.3, -0.25) is 4.79 Å². The first-order valence-electron chi connectivity index (χ1n) is 5.80. The van der Waals surface area contributed by atoms with Crippen LogP contribution in [-0.4, -0.2) is 17.3 Å². The second kappa shape index (κ2) is 6.46. The van der Waals surface area contributed by atoms with Gasteiger partial charge in [0.05, 0.1) is 18.2 Å². The first-order chi connectivity index (χ1) is 8.49. The third-order valence-electron chi connectivity index (χ3n) is 2.45. The second-order valence-electron chi connectivity index (χ2n) is 4.33. The summed E-state index contributed by atoms with van der Waals surface area (Å²) in [7, 11) is 0. The third kappa shape index (κ3) is 4.08. The highest BCUT2D eigenvalue weighted by molar-refractivity contribution is 8.00. The summed E-state index contributed by atoms with van der Waals surface area (Å²) in [6.45, 7) is 5.93. The highest BCUT2D eigenvalue weighted by Gasteiger charge is 2.29. The predicted molar refractivity (Wildman–Crippen MR) is 73.2 cm³/mol. The Hall–Kier alpha value is -1.47. The Morgan fingerprint density at radius 2 is 2.00 bits per heavy atom. The van der Waals surface area contributed by atoms with Crippen LogP contribution in [0.4, 0.5) is 0 Å². The van der Waals surface area contributed by atoms with Crippen molar-refractivity contribution in [3.63, 3.8) is 0 Å². The van der Waals surface area contributed by atoms with Crippen LogP contribution in [0.5, 0.6) is 0 Å². The molecule has 0 heterocycles. The lowest BCUT2D eigenvalue weighted by Gasteiger charge is -2.21. The highest BCUT2D eigenvalue weighted by atomic mass is 32.2. The SMILES string of the molecule is CCOC(=O)C(C)(C)SCc1ccc(C#N)cc1. The lowest BCUT2D eigenvalue weighted by molar-refractivity contribution is -0.145. The molecule has 0 unspecified atom stereocenters. The number of carbonyl (C=O) groups is 1. The Morgan fingerprint density at radius 1 is 1.39 bits per heavy atom. The van der Waals surface area contributed by atoms with Crippen LogP contribution in [0.3, 0.4) is 0 Å². The second-order valence-corrected chi connectivity index (χ2v) is 5.93. The van der Waals surface area contributed by atoms with E-state index in [0.717, 1.165) is 11.3 Å². The topological polar surface area (TPSA) is 50.1 Å². The number of nitrogens with zero attached hydrogens (tertiary/aromatic N) is 1. The lowest BCUT2D eigenvalue weighted by Crippen LogP contribution is -2.30. The van der Waals surface area contributed by atoms with Gasteiger partial charge < -0.3 is 4.74 Å². The molecule has 0 bridgehead atoms. The Balaban J connectivity index is 2.58. The Labute approximate surface area is 112 Å². The molecule has 0 aromatic heterocycles. The van der Waals surface area contributed by atoms with Gasteiger partial charge in [-0.05, 0) is 38.5 Å². The van der Waals surface area contributed by atoms with Crippen molar-refractivity contribution < 1.29 is 9.53 Å². The number of nitriles is 1. The first kappa shape index (κ1) is 14.6. The van der Waals surface area contributed by atoms with Crippen LogP contribution in [0.15, 0.2) is 24.3 Å². The predicted octanol–water partition coefficient (Wildman–Crippen LogP) is 3.13. The molecule has 1 rings (SSSR count). The molecule has 0 saturated carbocycles. The molecule has 0 atom stereocenters. The fourth-order valence-corrected chi connectivity index (χ4v) is 2.20. The van der Waals surface area contributed by atoms with Gasteiger partial charge in [0.2, 0.25) is 0 Å². The van der Waals surface area contributed by atoms with E-state index in [1.54, 1.807) is 19.1 Å². The van der Waals surface area contributed by atoms with Gasteiger partial charge in [0.15, 0.2) is 0 Å². The summed E-state index contributed by atoms with van der Waals surface area (Å²) in [4.78, 5) is 11.7. The summed E-state index contributed by atoms with van der Waals surface area (Å²) in [5.41, 5.74) is 1.74. The lowest BCUT2D eigenvalue weighted by atomic mass is 10.2. The zero-order valence-electron chi connectivity index (χ0n) is 10.9. The van der Waals surface area contributed by atoms with Crippen molar-refractivity contribution in [3.8, 4) is 6.07 Å². The minimum atomic E-state index is -0.552. The molecule has 1 aromatic rings. The molecule has 3 nitrogen and oxygen atoms in total. The van der Waals surface area contributed by atoms with Crippen LogP contribution in [0, 0.1) is 11.3 Å². The maximum absolute atomic E-state index is 11.7. The van der Waals surface area contributed by atoms with Crippen molar-refractivity contribution in [2.75, 3.05) is 6.61 Å². The normalized spacial score (nSPS) is 10.8. The Morgan fingerprint density at radius 3 is 2.50 bits per heavy atom. The van der Waals surface area contributed by atoms with E-state index in [4.69, 9.17) is 10.00 Å². The summed E-state index contributed by atoms with van der Waals surface area (Å²) in [5.74, 6) is 0.529. The van der Waals surface area contributed by atoms with Crippen LogP contribution < -0.4 is 0 Å². The van der Waals surface area contributed by atoms with Crippen LogP contribution in [0.2, 0.25) is 0 Å². The minimum absolute atomic E-state index is 0.191. The van der Waals surface area contributed by atoms with Gasteiger partial charge in [-0.15, -0.1) is 11.8 Å². The highest BCUT2D eigenvalue weighted by Crippen LogP contribution is 2.29. The van der Waals surface area contributed by atoms with Crippen LogP contribution >= 0.6 is 11.8 Å². The van der Waals surface area contributed by atoms with Gasteiger partial charge in [0.25, 0.3) is 0 Å². The van der Waals surface area contributed by atoms with E-state index in [9.17, 15) is 4.79 Å². The summed E-state index contributed by atoms with van der Waals surface area (Å²) < 4.78 is 4.48. The van der Waals surface area contributed by atoms with Crippen molar-refractivity contribution >= 4 is 17.7 Å². The fourth-order valence-electron chi connectivity index (χ4n) is 1.30. The molecular formula is C14H17NO2S. The zero-order chi connectivity index (χ0) is 13.6.